The molecule has 2 aromatic rings. The first kappa shape index (κ1) is 21.2. The third-order valence-corrected chi connectivity index (χ3v) is 6.67. The molecule has 156 valence electrons. The first-order chi connectivity index (χ1) is 13.9. The molecule has 0 spiro atoms. The van der Waals surface area contributed by atoms with E-state index >= 15 is 0 Å². The van der Waals surface area contributed by atoms with Crippen molar-refractivity contribution < 1.29 is 17.9 Å². The summed E-state index contributed by atoms with van der Waals surface area (Å²) >= 11 is 0. The molecule has 0 unspecified atom stereocenters. The molecule has 29 heavy (non-hydrogen) atoms. The normalized spacial score (nSPS) is 19.4. The Balaban J connectivity index is 1.65. The maximum Gasteiger partial charge on any atom is 0.261 e. The van der Waals surface area contributed by atoms with Crippen LogP contribution in [0.4, 0.5) is 5.69 Å². The van der Waals surface area contributed by atoms with Gasteiger partial charge in [-0.1, -0.05) is 19.8 Å². The monoisotopic (exact) mass is 416 g/mol. The zero-order valence-corrected chi connectivity index (χ0v) is 17.7. The largest absolute Gasteiger partial charge is 0.494 e. The lowest BCUT2D eigenvalue weighted by atomic mass is 9.86. The van der Waals surface area contributed by atoms with E-state index in [0.717, 1.165) is 19.3 Å². The molecule has 2 aromatic carbocycles. The lowest BCUT2D eigenvalue weighted by Crippen LogP contribution is -2.41. The topological polar surface area (TPSA) is 84.5 Å². The molecule has 1 aliphatic carbocycles. The lowest BCUT2D eigenvalue weighted by molar-refractivity contribution is 0.0910. The number of hydrogen-bond acceptors (Lipinski definition) is 4. The minimum Gasteiger partial charge on any atom is -0.494 e. The van der Waals surface area contributed by atoms with Crippen molar-refractivity contribution in [1.29, 1.82) is 0 Å². The Hall–Kier alpha value is -2.54. The molecule has 7 heteroatoms. The number of sulfonamides is 1. The standard InChI is InChI=1S/C22H28N2O4S/c1-3-28-19-12-10-18(11-13-19)24-29(26,27)20-14-8-17(9-15-20)22(25)23-21-7-5-4-6-16(21)2/h8-16,21,24H,3-7H2,1-2H3,(H,23,25)/t16-,21-/m1/s1. The average molecular weight is 417 g/mol. The molecule has 0 aliphatic heterocycles. The molecule has 0 aromatic heterocycles. The lowest BCUT2D eigenvalue weighted by Gasteiger charge is -2.29. The van der Waals surface area contributed by atoms with Crippen LogP contribution in [0.15, 0.2) is 53.4 Å². The van der Waals surface area contributed by atoms with Crippen LogP contribution < -0.4 is 14.8 Å². The Labute approximate surface area is 172 Å². The summed E-state index contributed by atoms with van der Waals surface area (Å²) in [4.78, 5) is 12.6. The van der Waals surface area contributed by atoms with Gasteiger partial charge in [-0.15, -0.1) is 0 Å². The fourth-order valence-electron chi connectivity index (χ4n) is 3.57. The summed E-state index contributed by atoms with van der Waals surface area (Å²) in [5.74, 6) is 0.982. The fourth-order valence-corrected chi connectivity index (χ4v) is 4.63. The Morgan fingerprint density at radius 2 is 1.69 bits per heavy atom. The molecule has 2 N–H and O–H groups in total. The van der Waals surface area contributed by atoms with Gasteiger partial charge >= 0.3 is 0 Å². The maximum atomic E-state index is 12.6. The zero-order valence-electron chi connectivity index (χ0n) is 16.9. The fraction of sp³-hybridized carbons (Fsp3) is 0.409. The van der Waals surface area contributed by atoms with Gasteiger partial charge in [0.25, 0.3) is 15.9 Å². The minimum absolute atomic E-state index is 0.106. The van der Waals surface area contributed by atoms with Gasteiger partial charge in [-0.05, 0) is 74.2 Å². The number of anilines is 1. The van der Waals surface area contributed by atoms with E-state index in [4.69, 9.17) is 4.74 Å². The van der Waals surface area contributed by atoms with Gasteiger partial charge in [0.1, 0.15) is 5.75 Å². The smallest absolute Gasteiger partial charge is 0.261 e. The highest BCUT2D eigenvalue weighted by Gasteiger charge is 2.23. The molecule has 0 radical (unpaired) electrons. The van der Waals surface area contributed by atoms with Crippen LogP contribution >= 0.6 is 0 Å². The summed E-state index contributed by atoms with van der Waals surface area (Å²) < 4.78 is 33.1. The van der Waals surface area contributed by atoms with Gasteiger partial charge in [-0.25, -0.2) is 8.42 Å². The van der Waals surface area contributed by atoms with Crippen molar-refractivity contribution >= 4 is 21.6 Å². The summed E-state index contributed by atoms with van der Waals surface area (Å²) in [5, 5.41) is 3.08. The van der Waals surface area contributed by atoms with Crippen molar-refractivity contribution in [2.24, 2.45) is 5.92 Å². The molecule has 1 saturated carbocycles. The van der Waals surface area contributed by atoms with Crippen LogP contribution in [0, 0.1) is 5.92 Å². The van der Waals surface area contributed by atoms with Crippen molar-refractivity contribution in [3.63, 3.8) is 0 Å². The minimum atomic E-state index is -3.74. The molecule has 1 amide bonds. The summed E-state index contributed by atoms with van der Waals surface area (Å²) in [7, 11) is -3.74. The van der Waals surface area contributed by atoms with Gasteiger partial charge in [-0.3, -0.25) is 9.52 Å². The number of carbonyl (C=O) groups is 1. The first-order valence-corrected chi connectivity index (χ1v) is 11.5. The van der Waals surface area contributed by atoms with Crippen LogP contribution in [-0.2, 0) is 10.0 Å². The SMILES string of the molecule is CCOc1ccc(NS(=O)(=O)c2ccc(C(=O)N[C@@H]3CCCC[C@H]3C)cc2)cc1. The van der Waals surface area contributed by atoms with Crippen molar-refractivity contribution in [1.82, 2.24) is 5.32 Å². The van der Waals surface area contributed by atoms with E-state index in [1.54, 1.807) is 36.4 Å². The molecule has 2 atom stereocenters. The van der Waals surface area contributed by atoms with E-state index in [2.05, 4.69) is 17.0 Å². The number of benzene rings is 2. The molecule has 0 heterocycles. The van der Waals surface area contributed by atoms with Gasteiger partial charge in [0, 0.05) is 17.3 Å². The zero-order chi connectivity index (χ0) is 20.9. The second kappa shape index (κ2) is 9.31. The molecular weight excluding hydrogens is 388 g/mol. The highest BCUT2D eigenvalue weighted by atomic mass is 32.2. The Morgan fingerprint density at radius 3 is 2.31 bits per heavy atom. The third kappa shape index (κ3) is 5.50. The molecule has 1 fully saturated rings. The van der Waals surface area contributed by atoms with E-state index in [-0.39, 0.29) is 16.8 Å². The van der Waals surface area contributed by atoms with Crippen LogP contribution in [0.5, 0.6) is 5.75 Å². The van der Waals surface area contributed by atoms with Crippen LogP contribution in [0.25, 0.3) is 0 Å². The molecule has 0 saturated heterocycles. The summed E-state index contributed by atoms with van der Waals surface area (Å²) in [6.45, 7) is 4.59. The number of amides is 1. The number of rotatable bonds is 7. The molecule has 1 aliphatic rings. The average Bonchev–Trinajstić information content (AvgIpc) is 2.71. The molecule has 3 rings (SSSR count). The quantitative estimate of drug-likeness (QED) is 0.709. The number of nitrogens with one attached hydrogen (secondary N) is 2. The third-order valence-electron chi connectivity index (χ3n) is 5.27. The first-order valence-electron chi connectivity index (χ1n) is 10.1. The van der Waals surface area contributed by atoms with Gasteiger partial charge in [0.15, 0.2) is 0 Å². The number of carbonyl (C=O) groups excluding carboxylic acids is 1. The maximum absolute atomic E-state index is 12.6. The second-order valence-electron chi connectivity index (χ2n) is 7.43. The van der Waals surface area contributed by atoms with Crippen molar-refractivity contribution in [2.45, 2.75) is 50.5 Å². The van der Waals surface area contributed by atoms with Crippen LogP contribution in [0.3, 0.4) is 0 Å². The van der Waals surface area contributed by atoms with Gasteiger partial charge < -0.3 is 10.1 Å². The van der Waals surface area contributed by atoms with E-state index < -0.39 is 10.0 Å². The number of ether oxygens (including phenoxy) is 1. The van der Waals surface area contributed by atoms with Crippen molar-refractivity contribution in [3.05, 3.63) is 54.1 Å². The van der Waals surface area contributed by atoms with E-state index in [9.17, 15) is 13.2 Å². The van der Waals surface area contributed by atoms with Crippen molar-refractivity contribution in [2.75, 3.05) is 11.3 Å². The Kier molecular flexibility index (Phi) is 6.79. The van der Waals surface area contributed by atoms with Crippen LogP contribution in [0.1, 0.15) is 49.9 Å². The van der Waals surface area contributed by atoms with E-state index in [0.29, 0.717) is 29.5 Å². The highest BCUT2D eigenvalue weighted by molar-refractivity contribution is 7.92. The van der Waals surface area contributed by atoms with Gasteiger partial charge in [0.05, 0.1) is 11.5 Å². The Morgan fingerprint density at radius 1 is 1.03 bits per heavy atom. The molecule has 0 bridgehead atoms. The predicted octanol–water partition coefficient (Wildman–Crippen LogP) is 4.19. The highest BCUT2D eigenvalue weighted by Crippen LogP contribution is 2.24. The van der Waals surface area contributed by atoms with Crippen LogP contribution in [-0.4, -0.2) is 27.0 Å². The van der Waals surface area contributed by atoms with Crippen LogP contribution in [0.2, 0.25) is 0 Å². The summed E-state index contributed by atoms with van der Waals surface area (Å²) in [6, 6.07) is 12.9. The summed E-state index contributed by atoms with van der Waals surface area (Å²) in [6.07, 6.45) is 4.45. The summed E-state index contributed by atoms with van der Waals surface area (Å²) in [5.41, 5.74) is 0.907. The number of hydrogen-bond donors (Lipinski definition) is 2. The van der Waals surface area contributed by atoms with E-state index in [1.807, 2.05) is 6.92 Å². The van der Waals surface area contributed by atoms with Gasteiger partial charge in [-0.2, -0.15) is 0 Å². The van der Waals surface area contributed by atoms with E-state index in [1.165, 1.54) is 18.6 Å². The second-order valence-corrected chi connectivity index (χ2v) is 9.11. The van der Waals surface area contributed by atoms with Crippen molar-refractivity contribution in [3.8, 4) is 5.75 Å². The Bertz CT molecular complexity index is 924. The van der Waals surface area contributed by atoms with Gasteiger partial charge in [0.2, 0.25) is 0 Å². The molecule has 6 nitrogen and oxygen atoms in total. The molecular formula is C22H28N2O4S. The predicted molar refractivity (Wildman–Crippen MR) is 114 cm³/mol.